The van der Waals surface area contributed by atoms with Crippen LogP contribution in [0.15, 0.2) is 12.4 Å². The zero-order valence-electron chi connectivity index (χ0n) is 12.8. The third kappa shape index (κ3) is 3.57. The molecule has 0 amide bonds. The minimum Gasteiger partial charge on any atom is -0.396 e. The second kappa shape index (κ2) is 6.96. The van der Waals surface area contributed by atoms with E-state index in [1.54, 1.807) is 0 Å². The summed E-state index contributed by atoms with van der Waals surface area (Å²) in [6.45, 7) is 5.69. The molecule has 4 nitrogen and oxygen atoms in total. The molecule has 20 heavy (non-hydrogen) atoms. The van der Waals surface area contributed by atoms with E-state index in [9.17, 15) is 5.11 Å². The minimum atomic E-state index is 0.0194. The first-order chi connectivity index (χ1) is 9.57. The van der Waals surface area contributed by atoms with Gasteiger partial charge in [-0.05, 0) is 18.1 Å². The summed E-state index contributed by atoms with van der Waals surface area (Å²) in [6.07, 6.45) is 7.44. The molecular weight excluding hydrogens is 270 g/mol. The van der Waals surface area contributed by atoms with Gasteiger partial charge in [-0.1, -0.05) is 20.3 Å². The molecule has 1 aliphatic rings. The Morgan fingerprint density at radius 2 is 2.25 bits per heavy atom. The van der Waals surface area contributed by atoms with Gasteiger partial charge in [-0.3, -0.25) is 4.68 Å². The summed E-state index contributed by atoms with van der Waals surface area (Å²) >= 11 is 1.97. The average Bonchev–Trinajstić information content (AvgIpc) is 2.77. The molecule has 1 fully saturated rings. The van der Waals surface area contributed by atoms with Crippen molar-refractivity contribution in [2.75, 3.05) is 18.9 Å². The summed E-state index contributed by atoms with van der Waals surface area (Å²) in [4.78, 5) is 0. The maximum atomic E-state index is 9.85. The van der Waals surface area contributed by atoms with E-state index >= 15 is 0 Å². The number of aromatic nitrogens is 2. The molecule has 0 aromatic carbocycles. The summed E-state index contributed by atoms with van der Waals surface area (Å²) in [5.41, 5.74) is 1.22. The SMILES string of the molecule is CC(C)SCCN[C@@H](c1cnn(C)c1)C1(CO)CCC1. The topological polar surface area (TPSA) is 50.1 Å². The van der Waals surface area contributed by atoms with Crippen LogP contribution < -0.4 is 5.32 Å². The summed E-state index contributed by atoms with van der Waals surface area (Å²) in [7, 11) is 1.95. The van der Waals surface area contributed by atoms with Gasteiger partial charge in [0, 0.05) is 42.6 Å². The lowest BCUT2D eigenvalue weighted by atomic mass is 9.63. The summed E-state index contributed by atoms with van der Waals surface area (Å²) in [5.74, 6) is 1.11. The first kappa shape index (κ1) is 15.9. The Kier molecular flexibility index (Phi) is 5.52. The predicted octanol–water partition coefficient (Wildman–Crippen LogP) is 2.36. The molecule has 114 valence electrons. The largest absolute Gasteiger partial charge is 0.396 e. The summed E-state index contributed by atoms with van der Waals surface area (Å²) in [6, 6.07) is 0.225. The Labute approximate surface area is 126 Å². The Bertz CT molecular complexity index is 409. The zero-order valence-corrected chi connectivity index (χ0v) is 13.6. The Morgan fingerprint density at radius 1 is 1.50 bits per heavy atom. The second-order valence-electron chi connectivity index (χ2n) is 6.13. The molecule has 1 aliphatic carbocycles. The number of rotatable bonds is 8. The van der Waals surface area contributed by atoms with E-state index in [0.717, 1.165) is 25.1 Å². The van der Waals surface area contributed by atoms with Gasteiger partial charge >= 0.3 is 0 Å². The predicted molar refractivity (Wildman–Crippen MR) is 84.9 cm³/mol. The highest BCUT2D eigenvalue weighted by Crippen LogP contribution is 2.49. The molecule has 1 atom stereocenters. The van der Waals surface area contributed by atoms with Crippen molar-refractivity contribution in [2.45, 2.75) is 44.4 Å². The molecule has 1 saturated carbocycles. The van der Waals surface area contributed by atoms with E-state index in [1.807, 2.05) is 29.7 Å². The molecule has 1 aromatic rings. The van der Waals surface area contributed by atoms with Crippen LogP contribution in [0.5, 0.6) is 0 Å². The maximum Gasteiger partial charge on any atom is 0.0537 e. The molecule has 0 aliphatic heterocycles. The Morgan fingerprint density at radius 3 is 2.70 bits per heavy atom. The molecule has 0 saturated heterocycles. The van der Waals surface area contributed by atoms with Crippen molar-refractivity contribution in [2.24, 2.45) is 12.5 Å². The first-order valence-electron chi connectivity index (χ1n) is 7.52. The fraction of sp³-hybridized carbons (Fsp3) is 0.800. The van der Waals surface area contributed by atoms with E-state index in [4.69, 9.17) is 0 Å². The number of aryl methyl sites for hydroxylation is 1. The monoisotopic (exact) mass is 297 g/mol. The van der Waals surface area contributed by atoms with Gasteiger partial charge < -0.3 is 10.4 Å². The van der Waals surface area contributed by atoms with Crippen molar-refractivity contribution in [3.05, 3.63) is 18.0 Å². The average molecular weight is 297 g/mol. The smallest absolute Gasteiger partial charge is 0.0537 e. The number of aliphatic hydroxyl groups is 1. The van der Waals surface area contributed by atoms with Gasteiger partial charge in [0.25, 0.3) is 0 Å². The van der Waals surface area contributed by atoms with Crippen LogP contribution in [0.4, 0.5) is 0 Å². The van der Waals surface area contributed by atoms with Crippen LogP contribution in [0.2, 0.25) is 0 Å². The zero-order chi connectivity index (χ0) is 14.6. The van der Waals surface area contributed by atoms with E-state index < -0.39 is 0 Å². The van der Waals surface area contributed by atoms with Crippen LogP contribution in [0, 0.1) is 5.41 Å². The lowest BCUT2D eigenvalue weighted by Gasteiger charge is -2.46. The third-order valence-corrected chi connectivity index (χ3v) is 5.34. The molecule has 5 heteroatoms. The summed E-state index contributed by atoms with van der Waals surface area (Å²) < 4.78 is 1.84. The molecule has 0 spiro atoms. The van der Waals surface area contributed by atoms with Gasteiger partial charge in [-0.15, -0.1) is 0 Å². The molecular formula is C15H27N3OS. The van der Waals surface area contributed by atoms with E-state index in [-0.39, 0.29) is 18.1 Å². The van der Waals surface area contributed by atoms with E-state index in [1.165, 1.54) is 12.0 Å². The van der Waals surface area contributed by atoms with Crippen molar-refractivity contribution in [1.29, 1.82) is 0 Å². The van der Waals surface area contributed by atoms with Crippen LogP contribution in [-0.4, -0.2) is 39.0 Å². The third-order valence-electron chi connectivity index (χ3n) is 4.24. The van der Waals surface area contributed by atoms with E-state index in [2.05, 4.69) is 30.5 Å². The number of thioether (sulfide) groups is 1. The van der Waals surface area contributed by atoms with Gasteiger partial charge in [0.15, 0.2) is 0 Å². The lowest BCUT2D eigenvalue weighted by molar-refractivity contribution is 0.00594. The van der Waals surface area contributed by atoms with Crippen molar-refractivity contribution in [3.8, 4) is 0 Å². The normalized spacial score (nSPS) is 19.1. The van der Waals surface area contributed by atoms with Crippen molar-refractivity contribution >= 4 is 11.8 Å². The van der Waals surface area contributed by atoms with Gasteiger partial charge in [0.2, 0.25) is 0 Å². The van der Waals surface area contributed by atoms with Gasteiger partial charge in [-0.2, -0.15) is 16.9 Å². The van der Waals surface area contributed by atoms with Crippen molar-refractivity contribution in [3.63, 3.8) is 0 Å². The van der Waals surface area contributed by atoms with Crippen molar-refractivity contribution < 1.29 is 5.11 Å². The lowest BCUT2D eigenvalue weighted by Crippen LogP contribution is -2.46. The Balaban J connectivity index is 2.01. The highest BCUT2D eigenvalue weighted by Gasteiger charge is 2.44. The van der Waals surface area contributed by atoms with Gasteiger partial charge in [-0.25, -0.2) is 0 Å². The standard InChI is InChI=1S/C15H27N3OS/c1-12(2)20-8-7-16-14(13-9-17-18(3)10-13)15(11-19)5-4-6-15/h9-10,12,14,16,19H,4-8,11H2,1-3H3/t14-/m0/s1. The molecule has 2 N–H and O–H groups in total. The van der Waals surface area contributed by atoms with Gasteiger partial charge in [0.05, 0.1) is 12.8 Å². The summed E-state index contributed by atoms with van der Waals surface area (Å²) in [5, 5.41) is 18.5. The van der Waals surface area contributed by atoms with Crippen molar-refractivity contribution in [1.82, 2.24) is 15.1 Å². The molecule has 1 aromatic heterocycles. The van der Waals surface area contributed by atoms with Crippen LogP contribution in [0.3, 0.4) is 0 Å². The number of aliphatic hydroxyl groups excluding tert-OH is 1. The first-order valence-corrected chi connectivity index (χ1v) is 8.57. The van der Waals surface area contributed by atoms with Gasteiger partial charge in [0.1, 0.15) is 0 Å². The van der Waals surface area contributed by atoms with Crippen LogP contribution >= 0.6 is 11.8 Å². The van der Waals surface area contributed by atoms with Crippen LogP contribution in [0.1, 0.15) is 44.7 Å². The minimum absolute atomic E-state index is 0.0194. The number of hydrogen-bond donors (Lipinski definition) is 2. The quantitative estimate of drug-likeness (QED) is 0.723. The van der Waals surface area contributed by atoms with E-state index in [0.29, 0.717) is 5.25 Å². The molecule has 0 unspecified atom stereocenters. The highest BCUT2D eigenvalue weighted by molar-refractivity contribution is 7.99. The highest BCUT2D eigenvalue weighted by atomic mass is 32.2. The molecule has 0 bridgehead atoms. The fourth-order valence-electron chi connectivity index (χ4n) is 2.94. The fourth-order valence-corrected chi connectivity index (χ4v) is 3.65. The molecule has 2 rings (SSSR count). The maximum absolute atomic E-state index is 9.85. The number of hydrogen-bond acceptors (Lipinski definition) is 4. The Hall–Kier alpha value is -0.520. The molecule has 1 heterocycles. The number of nitrogens with one attached hydrogen (secondary N) is 1. The second-order valence-corrected chi connectivity index (χ2v) is 7.81. The van der Waals surface area contributed by atoms with Crippen LogP contribution in [-0.2, 0) is 7.05 Å². The number of nitrogens with zero attached hydrogens (tertiary/aromatic N) is 2. The molecule has 0 radical (unpaired) electrons. The van der Waals surface area contributed by atoms with Crippen LogP contribution in [0.25, 0.3) is 0 Å².